The lowest BCUT2D eigenvalue weighted by molar-refractivity contribution is -0.145. The van der Waals surface area contributed by atoms with Gasteiger partial charge in [-0.15, -0.1) is 0 Å². The first kappa shape index (κ1) is 26.7. The summed E-state index contributed by atoms with van der Waals surface area (Å²) in [6.07, 6.45) is 6.66. The Morgan fingerprint density at radius 3 is 2.35 bits per heavy atom. The number of nitrogens with zero attached hydrogens (tertiary/aromatic N) is 3. The monoisotopic (exact) mass is 561 g/mol. The van der Waals surface area contributed by atoms with Crippen molar-refractivity contribution in [2.45, 2.75) is 37.6 Å². The van der Waals surface area contributed by atoms with Crippen LogP contribution in [0.25, 0.3) is 0 Å². The lowest BCUT2D eigenvalue weighted by Gasteiger charge is -2.39. The fourth-order valence-electron chi connectivity index (χ4n) is 6.78. The Bertz CT molecular complexity index is 1390. The van der Waals surface area contributed by atoms with Crippen LogP contribution in [0.4, 0.5) is 11.4 Å². The molecule has 1 spiro atoms. The molecular weight excluding hydrogens is 530 g/mol. The number of hydrogen-bond donors (Lipinski definition) is 1. The Balaban J connectivity index is 1.49. The predicted octanol–water partition coefficient (Wildman–Crippen LogP) is 3.44. The topological polar surface area (TPSA) is 90.4 Å². The van der Waals surface area contributed by atoms with E-state index in [1.807, 2.05) is 62.4 Å². The van der Waals surface area contributed by atoms with Gasteiger partial charge in [0, 0.05) is 18.8 Å². The molecule has 4 aliphatic heterocycles. The van der Waals surface area contributed by atoms with Gasteiger partial charge in [0.25, 0.3) is 5.91 Å². The second-order valence-electron chi connectivity index (χ2n) is 11.1. The highest BCUT2D eigenvalue weighted by molar-refractivity contribution is 6.34. The largest absolute Gasteiger partial charge is 0.394 e. The Morgan fingerprint density at radius 2 is 1.65 bits per heavy atom. The maximum absolute atomic E-state index is 14.5. The smallest absolute Gasteiger partial charge is 0.253 e. The van der Waals surface area contributed by atoms with Crippen molar-refractivity contribution in [3.63, 3.8) is 0 Å². The first-order valence-corrected chi connectivity index (χ1v) is 14.1. The molecule has 6 atom stereocenters. The highest BCUT2D eigenvalue weighted by Gasteiger charge is 2.72. The molecule has 4 aliphatic rings. The van der Waals surface area contributed by atoms with E-state index >= 15 is 0 Å². The van der Waals surface area contributed by atoms with Crippen LogP contribution in [0.15, 0.2) is 78.9 Å². The molecule has 2 fully saturated rings. The maximum atomic E-state index is 14.5. The highest BCUT2D eigenvalue weighted by atomic mass is 35.5. The van der Waals surface area contributed by atoms with E-state index in [0.717, 1.165) is 5.69 Å². The number of aliphatic hydroxyl groups excluding tert-OH is 1. The van der Waals surface area contributed by atoms with E-state index in [-0.39, 0.29) is 36.8 Å². The molecule has 208 valence electrons. The van der Waals surface area contributed by atoms with Gasteiger partial charge >= 0.3 is 0 Å². The van der Waals surface area contributed by atoms with E-state index in [9.17, 15) is 19.5 Å². The van der Waals surface area contributed by atoms with Gasteiger partial charge in [-0.05, 0) is 30.2 Å². The van der Waals surface area contributed by atoms with Crippen LogP contribution in [0.5, 0.6) is 0 Å². The number of amides is 3. The van der Waals surface area contributed by atoms with Gasteiger partial charge in [0.1, 0.15) is 11.6 Å². The van der Waals surface area contributed by atoms with E-state index in [0.29, 0.717) is 17.3 Å². The van der Waals surface area contributed by atoms with E-state index in [2.05, 4.69) is 0 Å². The molecule has 0 radical (unpaired) electrons. The number of carbonyl (C=O) groups is 3. The van der Waals surface area contributed by atoms with Crippen LogP contribution in [0.2, 0.25) is 5.02 Å². The third kappa shape index (κ3) is 3.92. The number of likely N-dealkylation sites (tertiary alicyclic amines) is 1. The molecule has 2 aromatic rings. The molecule has 2 saturated heterocycles. The first-order chi connectivity index (χ1) is 19.3. The summed E-state index contributed by atoms with van der Waals surface area (Å²) in [4.78, 5) is 47.9. The molecule has 4 heterocycles. The molecule has 40 heavy (non-hydrogen) atoms. The van der Waals surface area contributed by atoms with Crippen molar-refractivity contribution in [3.05, 3.63) is 83.9 Å². The zero-order valence-corrected chi connectivity index (χ0v) is 23.1. The molecule has 8 nitrogen and oxygen atoms in total. The number of benzene rings is 2. The highest BCUT2D eigenvalue weighted by Crippen LogP contribution is 2.54. The lowest BCUT2D eigenvalue weighted by atomic mass is 9.77. The van der Waals surface area contributed by atoms with Gasteiger partial charge in [-0.1, -0.05) is 80.1 Å². The lowest BCUT2D eigenvalue weighted by Crippen LogP contribution is -2.59. The average Bonchev–Trinajstić information content (AvgIpc) is 3.25. The second-order valence-corrected chi connectivity index (χ2v) is 11.5. The number of halogens is 1. The van der Waals surface area contributed by atoms with Crippen LogP contribution in [-0.4, -0.2) is 71.2 Å². The number of anilines is 2. The van der Waals surface area contributed by atoms with Crippen molar-refractivity contribution in [3.8, 4) is 0 Å². The van der Waals surface area contributed by atoms with E-state index in [1.54, 1.807) is 40.1 Å². The van der Waals surface area contributed by atoms with Gasteiger partial charge in [-0.2, -0.15) is 0 Å². The van der Waals surface area contributed by atoms with Crippen molar-refractivity contribution in [2.24, 2.45) is 17.8 Å². The van der Waals surface area contributed by atoms with Gasteiger partial charge < -0.3 is 24.5 Å². The summed E-state index contributed by atoms with van der Waals surface area (Å²) in [7, 11) is 0. The third-order valence-corrected chi connectivity index (χ3v) is 8.94. The van der Waals surface area contributed by atoms with Crippen molar-refractivity contribution < 1.29 is 24.2 Å². The Labute approximate surface area is 238 Å². The summed E-state index contributed by atoms with van der Waals surface area (Å²) >= 11 is 6.52. The normalized spacial score (nSPS) is 30.3. The predicted molar refractivity (Wildman–Crippen MR) is 152 cm³/mol. The summed E-state index contributed by atoms with van der Waals surface area (Å²) < 4.78 is 6.71. The van der Waals surface area contributed by atoms with Crippen molar-refractivity contribution in [2.75, 3.05) is 29.5 Å². The molecule has 0 saturated carbocycles. The van der Waals surface area contributed by atoms with E-state index < -0.39 is 35.6 Å². The minimum atomic E-state index is -1.39. The van der Waals surface area contributed by atoms with Crippen LogP contribution in [0, 0.1) is 17.8 Å². The van der Waals surface area contributed by atoms with Crippen LogP contribution < -0.4 is 9.80 Å². The van der Waals surface area contributed by atoms with Crippen molar-refractivity contribution in [1.29, 1.82) is 0 Å². The maximum Gasteiger partial charge on any atom is 0.253 e. The summed E-state index contributed by atoms with van der Waals surface area (Å²) in [6, 6.07) is 14.7. The molecule has 1 N–H and O–H groups in total. The van der Waals surface area contributed by atoms with Crippen LogP contribution in [-0.2, 0) is 19.1 Å². The molecule has 6 rings (SSSR count). The molecule has 0 aromatic heterocycles. The first-order valence-electron chi connectivity index (χ1n) is 13.7. The molecular formula is C31H32ClN3O5. The van der Waals surface area contributed by atoms with Gasteiger partial charge in [0.2, 0.25) is 11.8 Å². The number of aliphatic hydroxyl groups is 1. The quantitative estimate of drug-likeness (QED) is 0.565. The zero-order chi connectivity index (χ0) is 28.2. The third-order valence-electron chi connectivity index (χ3n) is 8.62. The van der Waals surface area contributed by atoms with Crippen molar-refractivity contribution in [1.82, 2.24) is 4.90 Å². The molecule has 2 aromatic carbocycles. The number of carbonyl (C=O) groups excluding carboxylic acids is 3. The fraction of sp³-hybridized carbons (Fsp3) is 0.387. The van der Waals surface area contributed by atoms with Gasteiger partial charge in [-0.3, -0.25) is 14.4 Å². The number of rotatable bonds is 5. The summed E-state index contributed by atoms with van der Waals surface area (Å²) in [6.45, 7) is 4.04. The fourth-order valence-corrected chi connectivity index (χ4v) is 7.02. The van der Waals surface area contributed by atoms with Crippen LogP contribution in [0.1, 0.15) is 13.8 Å². The molecule has 9 heteroatoms. The van der Waals surface area contributed by atoms with Gasteiger partial charge in [0.05, 0.1) is 41.3 Å². The SMILES string of the molecule is CC(C)[C@H](CO)N1C(=O)[C@@H]2[C@@H]3C(=O)N(c4ccccc4)CC=C[C@@H]3O[C@@]23C=CCN(c2ccccc2Cl)C(=O)C13. The summed E-state index contributed by atoms with van der Waals surface area (Å²) in [5, 5.41) is 10.9. The second kappa shape index (κ2) is 10.2. The van der Waals surface area contributed by atoms with Crippen LogP contribution >= 0.6 is 11.6 Å². The number of ether oxygens (including phenoxy) is 1. The minimum absolute atomic E-state index is 0.153. The Hall–Kier alpha value is -3.46. The summed E-state index contributed by atoms with van der Waals surface area (Å²) in [5.41, 5.74) is -0.137. The number of fused-ring (bicyclic) bond motifs is 2. The van der Waals surface area contributed by atoms with Crippen LogP contribution in [0.3, 0.4) is 0 Å². The molecule has 1 unspecified atom stereocenters. The number of hydrogen-bond acceptors (Lipinski definition) is 5. The zero-order valence-electron chi connectivity index (χ0n) is 22.4. The Kier molecular flexibility index (Phi) is 6.81. The van der Waals surface area contributed by atoms with E-state index in [1.165, 1.54) is 4.90 Å². The number of para-hydroxylation sites is 2. The molecule has 0 bridgehead atoms. The Morgan fingerprint density at radius 1 is 0.950 bits per heavy atom. The average molecular weight is 562 g/mol. The van der Waals surface area contributed by atoms with Crippen molar-refractivity contribution >= 4 is 40.7 Å². The van der Waals surface area contributed by atoms with Gasteiger partial charge in [0.15, 0.2) is 0 Å². The summed E-state index contributed by atoms with van der Waals surface area (Å²) in [5.74, 6) is -2.88. The van der Waals surface area contributed by atoms with E-state index in [4.69, 9.17) is 16.3 Å². The molecule has 0 aliphatic carbocycles. The minimum Gasteiger partial charge on any atom is -0.394 e. The van der Waals surface area contributed by atoms with Gasteiger partial charge in [-0.25, -0.2) is 0 Å². The molecule has 3 amide bonds. The standard InChI is InChI=1S/C31H32ClN3O5/c1-19(2)23(18-36)35-27-30(39)34(22-13-7-6-12-21(22)32)17-9-15-31(27)26(29(35)38)25-24(40-31)14-8-16-33(28(25)37)20-10-4-3-5-11-20/h3-15,19,23-27,36H,16-18H2,1-2H3/t23-,24-,25+,26-,27?,31-/m0/s1.